The average molecular weight is 165 g/mol. The van der Waals surface area contributed by atoms with Crippen molar-refractivity contribution in [1.82, 2.24) is 15.5 Å². The molecule has 0 amide bonds. The molecule has 0 radical (unpaired) electrons. The first-order valence-corrected chi connectivity index (χ1v) is 4.52. The molecule has 1 aromatic rings. The molecule has 2 atom stereocenters. The van der Waals surface area contributed by atoms with Gasteiger partial charge in [-0.2, -0.15) is 5.10 Å². The topological polar surface area (TPSA) is 40.7 Å². The van der Waals surface area contributed by atoms with Crippen LogP contribution in [0.3, 0.4) is 0 Å². The van der Waals surface area contributed by atoms with Gasteiger partial charge in [0.1, 0.15) is 0 Å². The van der Waals surface area contributed by atoms with E-state index in [1.54, 1.807) is 0 Å². The van der Waals surface area contributed by atoms with Crippen LogP contribution in [-0.4, -0.2) is 17.2 Å². The van der Waals surface area contributed by atoms with E-state index in [1.165, 1.54) is 24.1 Å². The van der Waals surface area contributed by atoms with Crippen molar-refractivity contribution < 1.29 is 0 Å². The van der Waals surface area contributed by atoms with E-state index in [2.05, 4.69) is 22.4 Å². The van der Waals surface area contributed by atoms with E-state index >= 15 is 0 Å². The van der Waals surface area contributed by atoms with E-state index in [4.69, 9.17) is 0 Å². The molecule has 1 heterocycles. The zero-order chi connectivity index (χ0) is 8.55. The number of rotatable bonds is 1. The highest BCUT2D eigenvalue weighted by atomic mass is 15.1. The summed E-state index contributed by atoms with van der Waals surface area (Å²) in [6.45, 7) is 2.28. The number of nitrogens with one attached hydrogen (secondary N) is 2. The Morgan fingerprint density at radius 2 is 2.50 bits per heavy atom. The minimum absolute atomic E-state index is 0.469. The second-order valence-corrected chi connectivity index (χ2v) is 3.59. The zero-order valence-electron chi connectivity index (χ0n) is 7.59. The Morgan fingerprint density at radius 1 is 1.67 bits per heavy atom. The van der Waals surface area contributed by atoms with Crippen LogP contribution in [0.25, 0.3) is 0 Å². The summed E-state index contributed by atoms with van der Waals surface area (Å²) >= 11 is 0. The van der Waals surface area contributed by atoms with E-state index < -0.39 is 0 Å². The van der Waals surface area contributed by atoms with E-state index in [-0.39, 0.29) is 0 Å². The summed E-state index contributed by atoms with van der Waals surface area (Å²) in [6, 6.07) is 0.469. The first kappa shape index (κ1) is 7.80. The van der Waals surface area contributed by atoms with Crippen molar-refractivity contribution in [2.75, 3.05) is 7.05 Å². The van der Waals surface area contributed by atoms with Crippen LogP contribution in [-0.2, 0) is 6.42 Å². The van der Waals surface area contributed by atoms with Crippen molar-refractivity contribution in [3.05, 3.63) is 17.5 Å². The van der Waals surface area contributed by atoms with Gasteiger partial charge in [-0.25, -0.2) is 0 Å². The Bertz CT molecular complexity index is 266. The normalized spacial score (nSPS) is 28.5. The summed E-state index contributed by atoms with van der Waals surface area (Å²) in [6.07, 6.45) is 4.38. The van der Waals surface area contributed by atoms with Crippen LogP contribution in [0.15, 0.2) is 6.20 Å². The number of H-pyrrole nitrogens is 1. The molecule has 66 valence electrons. The van der Waals surface area contributed by atoms with Gasteiger partial charge in [0.2, 0.25) is 0 Å². The SMILES string of the molecule is CNC1c2[nH]ncc2CCC1C. The quantitative estimate of drug-likeness (QED) is 0.657. The summed E-state index contributed by atoms with van der Waals surface area (Å²) in [5.74, 6) is 0.711. The van der Waals surface area contributed by atoms with E-state index in [0.29, 0.717) is 12.0 Å². The largest absolute Gasteiger partial charge is 0.311 e. The summed E-state index contributed by atoms with van der Waals surface area (Å²) in [5.41, 5.74) is 2.67. The van der Waals surface area contributed by atoms with Gasteiger partial charge in [0, 0.05) is 0 Å². The molecule has 0 fully saturated rings. The number of hydrogen-bond donors (Lipinski definition) is 2. The van der Waals surface area contributed by atoms with Crippen LogP contribution in [0.5, 0.6) is 0 Å². The van der Waals surface area contributed by atoms with Gasteiger partial charge < -0.3 is 5.32 Å². The van der Waals surface area contributed by atoms with Gasteiger partial charge in [-0.05, 0) is 31.4 Å². The molecule has 3 heteroatoms. The third kappa shape index (κ3) is 1.05. The zero-order valence-corrected chi connectivity index (χ0v) is 7.59. The van der Waals surface area contributed by atoms with Crippen LogP contribution < -0.4 is 5.32 Å². The standard InChI is InChI=1S/C9H15N3/c1-6-3-4-7-5-11-12-9(7)8(6)10-2/h5-6,8,10H,3-4H2,1-2H3,(H,11,12). The molecule has 0 bridgehead atoms. The lowest BCUT2D eigenvalue weighted by molar-refractivity contribution is 0.357. The molecule has 2 N–H and O–H groups in total. The molecule has 1 aliphatic rings. The van der Waals surface area contributed by atoms with Gasteiger partial charge in [-0.15, -0.1) is 0 Å². The van der Waals surface area contributed by atoms with Gasteiger partial charge >= 0.3 is 0 Å². The summed E-state index contributed by atoms with van der Waals surface area (Å²) < 4.78 is 0. The Balaban J connectivity index is 2.34. The van der Waals surface area contributed by atoms with Crippen LogP contribution >= 0.6 is 0 Å². The molecular formula is C9H15N3. The molecule has 0 aliphatic heterocycles. The van der Waals surface area contributed by atoms with Gasteiger partial charge in [0.25, 0.3) is 0 Å². The van der Waals surface area contributed by atoms with Crippen molar-refractivity contribution in [3.8, 4) is 0 Å². The molecule has 1 aromatic heterocycles. The highest BCUT2D eigenvalue weighted by molar-refractivity contribution is 5.23. The maximum absolute atomic E-state index is 4.07. The second-order valence-electron chi connectivity index (χ2n) is 3.59. The maximum Gasteiger partial charge on any atom is 0.0556 e. The fourth-order valence-electron chi connectivity index (χ4n) is 2.05. The Kier molecular flexibility index (Phi) is 1.89. The molecule has 12 heavy (non-hydrogen) atoms. The van der Waals surface area contributed by atoms with Crippen molar-refractivity contribution in [2.24, 2.45) is 5.92 Å². The van der Waals surface area contributed by atoms with E-state index in [1.807, 2.05) is 13.2 Å². The molecule has 0 saturated heterocycles. The predicted octanol–water partition coefficient (Wildman–Crippen LogP) is 1.25. The summed E-state index contributed by atoms with van der Waals surface area (Å²) in [7, 11) is 2.01. The highest BCUT2D eigenvalue weighted by Crippen LogP contribution is 2.31. The molecule has 0 spiro atoms. The monoisotopic (exact) mass is 165 g/mol. The van der Waals surface area contributed by atoms with Gasteiger partial charge in [0.15, 0.2) is 0 Å². The van der Waals surface area contributed by atoms with Crippen LogP contribution in [0.1, 0.15) is 30.6 Å². The minimum atomic E-state index is 0.469. The Hall–Kier alpha value is -0.830. The molecule has 1 aliphatic carbocycles. The van der Waals surface area contributed by atoms with Crippen LogP contribution in [0.4, 0.5) is 0 Å². The van der Waals surface area contributed by atoms with E-state index in [9.17, 15) is 0 Å². The average Bonchev–Trinajstić information content (AvgIpc) is 2.52. The fourth-order valence-corrected chi connectivity index (χ4v) is 2.05. The third-order valence-corrected chi connectivity index (χ3v) is 2.81. The number of nitrogens with zero attached hydrogens (tertiary/aromatic N) is 1. The molecule has 0 saturated carbocycles. The third-order valence-electron chi connectivity index (χ3n) is 2.81. The van der Waals surface area contributed by atoms with Gasteiger partial charge in [-0.1, -0.05) is 6.92 Å². The number of fused-ring (bicyclic) bond motifs is 1. The lowest BCUT2D eigenvalue weighted by Gasteiger charge is -2.27. The summed E-state index contributed by atoms with van der Waals surface area (Å²) in [5, 5.41) is 10.5. The molecular weight excluding hydrogens is 150 g/mol. The second kappa shape index (κ2) is 2.90. The Morgan fingerprint density at radius 3 is 3.25 bits per heavy atom. The minimum Gasteiger partial charge on any atom is -0.311 e. The highest BCUT2D eigenvalue weighted by Gasteiger charge is 2.26. The van der Waals surface area contributed by atoms with Crippen molar-refractivity contribution in [1.29, 1.82) is 0 Å². The number of aromatic nitrogens is 2. The Labute approximate surface area is 72.6 Å². The molecule has 3 nitrogen and oxygen atoms in total. The van der Waals surface area contributed by atoms with Crippen molar-refractivity contribution in [3.63, 3.8) is 0 Å². The van der Waals surface area contributed by atoms with Crippen molar-refractivity contribution >= 4 is 0 Å². The van der Waals surface area contributed by atoms with Gasteiger partial charge in [-0.3, -0.25) is 5.10 Å². The first-order chi connectivity index (χ1) is 5.83. The predicted molar refractivity (Wildman–Crippen MR) is 47.9 cm³/mol. The van der Waals surface area contributed by atoms with Crippen molar-refractivity contribution in [2.45, 2.75) is 25.8 Å². The smallest absolute Gasteiger partial charge is 0.0556 e. The molecule has 2 rings (SSSR count). The first-order valence-electron chi connectivity index (χ1n) is 4.52. The number of aromatic amines is 1. The lowest BCUT2D eigenvalue weighted by atomic mass is 9.85. The molecule has 2 unspecified atom stereocenters. The number of hydrogen-bond acceptors (Lipinski definition) is 2. The van der Waals surface area contributed by atoms with Gasteiger partial charge in [0.05, 0.1) is 17.9 Å². The molecule has 0 aromatic carbocycles. The lowest BCUT2D eigenvalue weighted by Crippen LogP contribution is -2.28. The van der Waals surface area contributed by atoms with Crippen LogP contribution in [0.2, 0.25) is 0 Å². The summed E-state index contributed by atoms with van der Waals surface area (Å²) in [4.78, 5) is 0. The van der Waals surface area contributed by atoms with Crippen LogP contribution in [0, 0.1) is 5.92 Å². The maximum atomic E-state index is 4.07. The fraction of sp³-hybridized carbons (Fsp3) is 0.667. The van der Waals surface area contributed by atoms with E-state index in [0.717, 1.165) is 0 Å². The number of aryl methyl sites for hydroxylation is 1.